The molecule has 1 aromatic rings. The van der Waals surface area contributed by atoms with Gasteiger partial charge in [-0.2, -0.15) is 4.31 Å². The number of H-pyrrole nitrogens is 1. The number of hydrogen-bond acceptors (Lipinski definition) is 4. The molecule has 18 heavy (non-hydrogen) atoms. The second kappa shape index (κ2) is 4.71. The van der Waals surface area contributed by atoms with Crippen LogP contribution in [0.5, 0.6) is 0 Å². The molecule has 0 bridgehead atoms. The molecule has 7 nitrogen and oxygen atoms in total. The Morgan fingerprint density at radius 2 is 2.00 bits per heavy atom. The van der Waals surface area contributed by atoms with Gasteiger partial charge in [0.2, 0.25) is 0 Å². The molecule has 1 aliphatic rings. The van der Waals surface area contributed by atoms with Crippen LogP contribution in [0, 0.1) is 6.92 Å². The van der Waals surface area contributed by atoms with E-state index in [0.29, 0.717) is 31.7 Å². The van der Waals surface area contributed by atoms with Crippen molar-refractivity contribution >= 4 is 15.9 Å². The number of nitrogens with two attached hydrogens (primary N) is 1. The maximum atomic E-state index is 12.3. The molecular weight excluding hydrogens is 256 g/mol. The maximum absolute atomic E-state index is 12.3. The van der Waals surface area contributed by atoms with Crippen molar-refractivity contribution in [3.63, 3.8) is 0 Å². The van der Waals surface area contributed by atoms with Crippen LogP contribution in [0.15, 0.2) is 11.1 Å². The average molecular weight is 272 g/mol. The third-order valence-corrected chi connectivity index (χ3v) is 4.75. The van der Waals surface area contributed by atoms with Crippen LogP contribution in [0.2, 0.25) is 0 Å². The smallest absolute Gasteiger partial charge is 0.265 e. The maximum Gasteiger partial charge on any atom is 0.265 e. The first kappa shape index (κ1) is 13.1. The lowest BCUT2D eigenvalue weighted by Crippen LogP contribution is -2.46. The van der Waals surface area contributed by atoms with Gasteiger partial charge in [-0.3, -0.25) is 4.79 Å². The average Bonchev–Trinajstić information content (AvgIpc) is 2.73. The number of amides is 1. The molecule has 1 fully saturated rings. The van der Waals surface area contributed by atoms with Crippen molar-refractivity contribution < 1.29 is 13.2 Å². The van der Waals surface area contributed by atoms with E-state index in [-0.39, 0.29) is 10.7 Å². The Labute approximate surface area is 105 Å². The number of aryl methyl sites for hydroxylation is 1. The lowest BCUT2D eigenvalue weighted by Gasteiger charge is -2.25. The van der Waals surface area contributed by atoms with Crippen molar-refractivity contribution in [2.45, 2.75) is 11.9 Å². The molecule has 1 saturated heterocycles. The lowest BCUT2D eigenvalue weighted by molar-refractivity contribution is 0.0995. The monoisotopic (exact) mass is 272 g/mol. The first-order valence-corrected chi connectivity index (χ1v) is 7.07. The summed E-state index contributed by atoms with van der Waals surface area (Å²) in [4.78, 5) is 13.7. The van der Waals surface area contributed by atoms with Crippen LogP contribution in [0.1, 0.15) is 16.1 Å². The second-order valence-electron chi connectivity index (χ2n) is 4.21. The van der Waals surface area contributed by atoms with Crippen molar-refractivity contribution in [1.82, 2.24) is 14.6 Å². The zero-order valence-electron chi connectivity index (χ0n) is 10.1. The molecule has 2 heterocycles. The molecule has 2 rings (SSSR count). The zero-order chi connectivity index (χ0) is 13.3. The SMILES string of the molecule is Cc1cc(S(=O)(=O)N2CCNCC2)[nH]c1C(N)=O. The molecule has 0 spiro atoms. The van der Waals surface area contributed by atoms with Gasteiger partial charge in [0.1, 0.15) is 10.7 Å². The third-order valence-electron chi connectivity index (χ3n) is 2.93. The van der Waals surface area contributed by atoms with Crippen LogP contribution in [-0.4, -0.2) is 49.8 Å². The lowest BCUT2D eigenvalue weighted by atomic mass is 10.3. The molecule has 1 aliphatic heterocycles. The van der Waals surface area contributed by atoms with Gasteiger partial charge in [0, 0.05) is 26.2 Å². The van der Waals surface area contributed by atoms with Crippen molar-refractivity contribution in [1.29, 1.82) is 0 Å². The van der Waals surface area contributed by atoms with E-state index in [1.165, 1.54) is 10.4 Å². The van der Waals surface area contributed by atoms with E-state index in [1.54, 1.807) is 6.92 Å². The van der Waals surface area contributed by atoms with Crippen molar-refractivity contribution in [3.05, 3.63) is 17.3 Å². The van der Waals surface area contributed by atoms with Crippen molar-refractivity contribution in [3.8, 4) is 0 Å². The molecule has 1 amide bonds. The molecule has 0 atom stereocenters. The van der Waals surface area contributed by atoms with E-state index in [4.69, 9.17) is 5.73 Å². The Balaban J connectivity index is 2.35. The fraction of sp³-hybridized carbons (Fsp3) is 0.500. The minimum Gasteiger partial charge on any atom is -0.364 e. The number of piperazine rings is 1. The Morgan fingerprint density at radius 3 is 2.50 bits per heavy atom. The van der Waals surface area contributed by atoms with Crippen LogP contribution in [0.25, 0.3) is 0 Å². The Hall–Kier alpha value is -1.38. The molecule has 0 unspecified atom stereocenters. The van der Waals surface area contributed by atoms with Gasteiger partial charge in [-0.15, -0.1) is 0 Å². The summed E-state index contributed by atoms with van der Waals surface area (Å²) in [5, 5.41) is 3.11. The molecular formula is C10H16N4O3S. The van der Waals surface area contributed by atoms with E-state index < -0.39 is 15.9 Å². The first-order valence-electron chi connectivity index (χ1n) is 5.63. The molecule has 0 aromatic carbocycles. The highest BCUT2D eigenvalue weighted by Gasteiger charge is 2.28. The van der Waals surface area contributed by atoms with Crippen LogP contribution in [-0.2, 0) is 10.0 Å². The standard InChI is InChI=1S/C10H16N4O3S/c1-7-6-8(13-9(7)10(11)15)18(16,17)14-4-2-12-3-5-14/h6,12-13H,2-5H2,1H3,(H2,11,15). The number of sulfonamides is 1. The number of rotatable bonds is 3. The topological polar surface area (TPSA) is 108 Å². The second-order valence-corrected chi connectivity index (χ2v) is 6.12. The van der Waals surface area contributed by atoms with Gasteiger partial charge in [-0.1, -0.05) is 0 Å². The van der Waals surface area contributed by atoms with Gasteiger partial charge >= 0.3 is 0 Å². The predicted molar refractivity (Wildman–Crippen MR) is 65.7 cm³/mol. The summed E-state index contributed by atoms with van der Waals surface area (Å²) >= 11 is 0. The number of carbonyl (C=O) groups is 1. The minimum absolute atomic E-state index is 0.0238. The minimum atomic E-state index is -3.57. The van der Waals surface area contributed by atoms with Gasteiger partial charge in [-0.05, 0) is 18.6 Å². The number of aromatic amines is 1. The number of nitrogens with one attached hydrogen (secondary N) is 2. The molecule has 0 saturated carbocycles. The third kappa shape index (κ3) is 2.26. The number of carbonyl (C=O) groups excluding carboxylic acids is 1. The quantitative estimate of drug-likeness (QED) is 0.657. The summed E-state index contributed by atoms with van der Waals surface area (Å²) < 4.78 is 26.0. The Morgan fingerprint density at radius 1 is 1.39 bits per heavy atom. The van der Waals surface area contributed by atoms with Gasteiger partial charge in [0.25, 0.3) is 15.9 Å². The van der Waals surface area contributed by atoms with Crippen LogP contribution < -0.4 is 11.1 Å². The van der Waals surface area contributed by atoms with Gasteiger partial charge in [-0.25, -0.2) is 8.42 Å². The van der Waals surface area contributed by atoms with Gasteiger partial charge < -0.3 is 16.0 Å². The fourth-order valence-electron chi connectivity index (χ4n) is 1.95. The molecule has 8 heteroatoms. The van der Waals surface area contributed by atoms with E-state index in [0.717, 1.165) is 0 Å². The highest BCUT2D eigenvalue weighted by molar-refractivity contribution is 7.89. The zero-order valence-corrected chi connectivity index (χ0v) is 10.9. The molecule has 1 aromatic heterocycles. The van der Waals surface area contributed by atoms with Crippen molar-refractivity contribution in [2.24, 2.45) is 5.73 Å². The number of primary amides is 1. The Kier molecular flexibility index (Phi) is 3.42. The molecule has 100 valence electrons. The molecule has 4 N–H and O–H groups in total. The van der Waals surface area contributed by atoms with Crippen LogP contribution >= 0.6 is 0 Å². The first-order chi connectivity index (χ1) is 8.43. The number of aromatic nitrogens is 1. The summed E-state index contributed by atoms with van der Waals surface area (Å²) in [6.45, 7) is 3.75. The van der Waals surface area contributed by atoms with Crippen LogP contribution in [0.3, 0.4) is 0 Å². The largest absolute Gasteiger partial charge is 0.364 e. The summed E-state index contributed by atoms with van der Waals surface area (Å²) in [5.74, 6) is -0.658. The highest BCUT2D eigenvalue weighted by atomic mass is 32.2. The Bertz CT molecular complexity index is 558. The predicted octanol–water partition coefficient (Wildman–Crippen LogP) is -0.984. The van der Waals surface area contributed by atoms with E-state index >= 15 is 0 Å². The van der Waals surface area contributed by atoms with Gasteiger partial charge in [0.15, 0.2) is 0 Å². The van der Waals surface area contributed by atoms with Gasteiger partial charge in [0.05, 0.1) is 0 Å². The fourth-order valence-corrected chi connectivity index (χ4v) is 3.44. The summed E-state index contributed by atoms with van der Waals surface area (Å²) in [6, 6.07) is 1.44. The molecule has 0 radical (unpaired) electrons. The highest BCUT2D eigenvalue weighted by Crippen LogP contribution is 2.18. The van der Waals surface area contributed by atoms with Crippen molar-refractivity contribution in [2.75, 3.05) is 26.2 Å². The van der Waals surface area contributed by atoms with E-state index in [1.807, 2.05) is 0 Å². The number of hydrogen-bond donors (Lipinski definition) is 3. The number of nitrogens with zero attached hydrogens (tertiary/aromatic N) is 1. The van der Waals surface area contributed by atoms with E-state index in [9.17, 15) is 13.2 Å². The summed E-state index contributed by atoms with van der Waals surface area (Å²) in [7, 11) is -3.57. The summed E-state index contributed by atoms with van der Waals surface area (Å²) in [5.41, 5.74) is 5.84. The molecule has 0 aliphatic carbocycles. The van der Waals surface area contributed by atoms with Crippen LogP contribution in [0.4, 0.5) is 0 Å². The normalized spacial score (nSPS) is 17.8. The summed E-state index contributed by atoms with van der Waals surface area (Å²) in [6.07, 6.45) is 0. The van der Waals surface area contributed by atoms with E-state index in [2.05, 4.69) is 10.3 Å².